The summed E-state index contributed by atoms with van der Waals surface area (Å²) in [6.07, 6.45) is -2.04. The van der Waals surface area contributed by atoms with Crippen LogP contribution in [0.15, 0.2) is 28.2 Å². The number of alkyl halides is 3. The number of nitrogens with zero attached hydrogens (tertiary/aromatic N) is 3. The van der Waals surface area contributed by atoms with E-state index in [0.29, 0.717) is 18.0 Å². The first-order valence-corrected chi connectivity index (χ1v) is 9.78. The van der Waals surface area contributed by atoms with E-state index < -0.39 is 36.2 Å². The normalized spacial score (nSPS) is 14.3. The lowest BCUT2D eigenvalue weighted by atomic mass is 9.94. The molecule has 0 bridgehead atoms. The van der Waals surface area contributed by atoms with E-state index in [4.69, 9.17) is 0 Å². The predicted molar refractivity (Wildman–Crippen MR) is 96.5 cm³/mol. The third-order valence-electron chi connectivity index (χ3n) is 4.64. The van der Waals surface area contributed by atoms with Gasteiger partial charge in [-0.25, -0.2) is 9.48 Å². The molecule has 150 valence electrons. The number of carbonyl (C=O) groups is 2. The summed E-state index contributed by atoms with van der Waals surface area (Å²) in [5.74, 6) is -1.10. The number of rotatable bonds is 7. The Hall–Kier alpha value is -2.36. The lowest BCUT2D eigenvalue weighted by Crippen LogP contribution is -2.26. The van der Waals surface area contributed by atoms with Crippen LogP contribution in [0.5, 0.6) is 0 Å². The van der Waals surface area contributed by atoms with Gasteiger partial charge in [-0.2, -0.15) is 13.2 Å². The highest BCUT2D eigenvalue weighted by molar-refractivity contribution is 7.98. The first-order chi connectivity index (χ1) is 13.1. The molecular formula is C18H18F3N3O3S. The second-order valence-corrected chi connectivity index (χ2v) is 7.43. The Labute approximate surface area is 162 Å². The van der Waals surface area contributed by atoms with Gasteiger partial charge in [0.15, 0.2) is 10.9 Å². The van der Waals surface area contributed by atoms with Gasteiger partial charge in [-0.3, -0.25) is 14.2 Å². The molecular weight excluding hydrogens is 395 g/mol. The van der Waals surface area contributed by atoms with Gasteiger partial charge in [-0.05, 0) is 30.7 Å². The summed E-state index contributed by atoms with van der Waals surface area (Å²) in [6.45, 7) is -0.512. The van der Waals surface area contributed by atoms with Crippen molar-refractivity contribution in [2.45, 2.75) is 37.1 Å². The van der Waals surface area contributed by atoms with E-state index in [1.807, 2.05) is 0 Å². The van der Waals surface area contributed by atoms with Crippen molar-refractivity contribution in [1.29, 1.82) is 0 Å². The third kappa shape index (κ3) is 4.06. The van der Waals surface area contributed by atoms with Crippen molar-refractivity contribution in [3.05, 3.63) is 45.4 Å². The molecule has 0 atom stereocenters. The molecule has 2 aromatic rings. The van der Waals surface area contributed by atoms with E-state index in [0.717, 1.165) is 16.8 Å². The lowest BCUT2D eigenvalue weighted by molar-refractivity contribution is -0.138. The predicted octanol–water partition coefficient (Wildman–Crippen LogP) is 2.92. The van der Waals surface area contributed by atoms with Crippen LogP contribution in [0.4, 0.5) is 13.2 Å². The van der Waals surface area contributed by atoms with E-state index in [1.54, 1.807) is 6.26 Å². The van der Waals surface area contributed by atoms with E-state index in [1.165, 1.54) is 29.4 Å². The second-order valence-electron chi connectivity index (χ2n) is 6.66. The molecule has 0 unspecified atom stereocenters. The van der Waals surface area contributed by atoms with Crippen LogP contribution in [0.25, 0.3) is 0 Å². The number of ketones is 2. The Balaban J connectivity index is 2.05. The molecule has 1 heterocycles. The Bertz CT molecular complexity index is 990. The summed E-state index contributed by atoms with van der Waals surface area (Å²) in [7, 11) is 1.47. The first kappa shape index (κ1) is 20.4. The van der Waals surface area contributed by atoms with Gasteiger partial charge in [0, 0.05) is 18.5 Å². The summed E-state index contributed by atoms with van der Waals surface area (Å²) in [6, 6.07) is 3.25. The maximum absolute atomic E-state index is 13.6. The van der Waals surface area contributed by atoms with Crippen LogP contribution in [0.1, 0.15) is 40.7 Å². The molecule has 10 heteroatoms. The summed E-state index contributed by atoms with van der Waals surface area (Å²) in [5, 5.41) is 4.37. The average Bonchev–Trinajstić information content (AvgIpc) is 3.44. The number of Topliss-reactive ketones (excluding diaryl/α,β-unsaturated/α-hetero) is 2. The molecule has 1 aliphatic carbocycles. The Morgan fingerprint density at radius 1 is 1.29 bits per heavy atom. The van der Waals surface area contributed by atoms with Gasteiger partial charge in [-0.1, -0.05) is 23.9 Å². The largest absolute Gasteiger partial charge is 0.416 e. The lowest BCUT2D eigenvalue weighted by Gasteiger charge is -2.16. The van der Waals surface area contributed by atoms with E-state index >= 15 is 0 Å². The minimum absolute atomic E-state index is 0.166. The Morgan fingerprint density at radius 2 is 1.96 bits per heavy atom. The number of thioether (sulfide) groups is 1. The number of hydrogen-bond acceptors (Lipinski definition) is 5. The number of benzene rings is 1. The van der Waals surface area contributed by atoms with Crippen LogP contribution in [-0.2, 0) is 24.6 Å². The first-order valence-electron chi connectivity index (χ1n) is 8.56. The number of carbonyl (C=O) groups excluding carboxylic acids is 2. The summed E-state index contributed by atoms with van der Waals surface area (Å²) >= 11 is 1.18. The molecule has 0 spiro atoms. The Kier molecular flexibility index (Phi) is 5.51. The van der Waals surface area contributed by atoms with Crippen LogP contribution in [-0.4, -0.2) is 32.2 Å². The second kappa shape index (κ2) is 7.57. The highest BCUT2D eigenvalue weighted by atomic mass is 32.2. The standard InChI is InChI=1S/C18H18F3N3O3S/c1-23-16(28-2)22-24(17(23)27)9-12-11(4-3-5-13(12)18(19,20)21)15(26)8-14(25)10-6-7-10/h3-5,10H,6-9H2,1-2H3. The van der Waals surface area contributed by atoms with E-state index in [-0.39, 0.29) is 22.8 Å². The van der Waals surface area contributed by atoms with Crippen molar-refractivity contribution in [2.75, 3.05) is 6.26 Å². The summed E-state index contributed by atoms with van der Waals surface area (Å²) < 4.78 is 42.8. The van der Waals surface area contributed by atoms with Crippen LogP contribution in [0.2, 0.25) is 0 Å². The summed E-state index contributed by atoms with van der Waals surface area (Å²) in [5.41, 5.74) is -2.15. The minimum Gasteiger partial charge on any atom is -0.299 e. The van der Waals surface area contributed by atoms with Crippen LogP contribution in [0.3, 0.4) is 0 Å². The van der Waals surface area contributed by atoms with Crippen molar-refractivity contribution in [2.24, 2.45) is 13.0 Å². The molecule has 1 aliphatic rings. The quantitative estimate of drug-likeness (QED) is 0.396. The highest BCUT2D eigenvalue weighted by Gasteiger charge is 2.36. The smallest absolute Gasteiger partial charge is 0.299 e. The fourth-order valence-corrected chi connectivity index (χ4v) is 3.52. The molecule has 0 saturated heterocycles. The fourth-order valence-electron chi connectivity index (χ4n) is 2.99. The van der Waals surface area contributed by atoms with Gasteiger partial charge in [0.25, 0.3) is 0 Å². The molecule has 1 saturated carbocycles. The van der Waals surface area contributed by atoms with Crippen molar-refractivity contribution in [1.82, 2.24) is 14.3 Å². The van der Waals surface area contributed by atoms with Crippen LogP contribution >= 0.6 is 11.8 Å². The topological polar surface area (TPSA) is 74.0 Å². The Morgan fingerprint density at radius 3 is 2.50 bits per heavy atom. The van der Waals surface area contributed by atoms with Crippen LogP contribution < -0.4 is 5.69 Å². The maximum Gasteiger partial charge on any atom is 0.416 e. The number of hydrogen-bond donors (Lipinski definition) is 0. The molecule has 6 nitrogen and oxygen atoms in total. The van der Waals surface area contributed by atoms with Crippen molar-refractivity contribution >= 4 is 23.3 Å². The average molecular weight is 413 g/mol. The number of halogens is 3. The van der Waals surface area contributed by atoms with Crippen molar-refractivity contribution < 1.29 is 22.8 Å². The molecule has 1 aromatic carbocycles. The molecule has 1 aromatic heterocycles. The van der Waals surface area contributed by atoms with Gasteiger partial charge in [0.1, 0.15) is 5.78 Å². The molecule has 0 amide bonds. The molecule has 0 N–H and O–H groups in total. The minimum atomic E-state index is -4.72. The molecule has 0 aliphatic heterocycles. The van der Waals surface area contributed by atoms with Gasteiger partial charge in [-0.15, -0.1) is 5.10 Å². The van der Waals surface area contributed by atoms with Crippen LogP contribution in [0, 0.1) is 5.92 Å². The third-order valence-corrected chi connectivity index (χ3v) is 5.36. The molecule has 28 heavy (non-hydrogen) atoms. The van der Waals surface area contributed by atoms with Gasteiger partial charge in [0.2, 0.25) is 0 Å². The van der Waals surface area contributed by atoms with Crippen molar-refractivity contribution in [3.8, 4) is 0 Å². The van der Waals surface area contributed by atoms with E-state index in [2.05, 4.69) is 5.10 Å². The monoisotopic (exact) mass is 413 g/mol. The number of aromatic nitrogens is 3. The zero-order chi connectivity index (χ0) is 20.6. The highest BCUT2D eigenvalue weighted by Crippen LogP contribution is 2.35. The van der Waals surface area contributed by atoms with Gasteiger partial charge in [0.05, 0.1) is 18.5 Å². The summed E-state index contributed by atoms with van der Waals surface area (Å²) in [4.78, 5) is 36.9. The zero-order valence-corrected chi connectivity index (χ0v) is 16.1. The fraction of sp³-hybridized carbons (Fsp3) is 0.444. The van der Waals surface area contributed by atoms with Gasteiger partial charge < -0.3 is 0 Å². The molecule has 3 rings (SSSR count). The molecule has 0 radical (unpaired) electrons. The van der Waals surface area contributed by atoms with Crippen molar-refractivity contribution in [3.63, 3.8) is 0 Å². The maximum atomic E-state index is 13.6. The van der Waals surface area contributed by atoms with Gasteiger partial charge >= 0.3 is 11.9 Å². The SMILES string of the molecule is CSc1nn(Cc2c(C(=O)CC(=O)C3CC3)cccc2C(F)(F)F)c(=O)n1C. The molecule has 1 fully saturated rings. The zero-order valence-electron chi connectivity index (χ0n) is 15.2. The van der Waals surface area contributed by atoms with E-state index in [9.17, 15) is 27.6 Å².